The maximum absolute atomic E-state index is 12.6. The molecule has 1 aliphatic rings. The molecule has 1 heterocycles. The first-order valence-corrected chi connectivity index (χ1v) is 10.3. The van der Waals surface area contributed by atoms with E-state index in [1.807, 2.05) is 37.3 Å². The van der Waals surface area contributed by atoms with Gasteiger partial charge in [0.05, 0.1) is 11.4 Å². The number of hydrogen-bond donors (Lipinski definition) is 3. The molecule has 8 nitrogen and oxygen atoms in total. The van der Waals surface area contributed by atoms with Crippen molar-refractivity contribution in [2.24, 2.45) is 5.92 Å². The van der Waals surface area contributed by atoms with E-state index < -0.39 is 23.8 Å². The fourth-order valence-electron chi connectivity index (χ4n) is 4.00. The van der Waals surface area contributed by atoms with Crippen molar-refractivity contribution in [3.63, 3.8) is 0 Å². The second kappa shape index (κ2) is 9.15. The number of aryl methyl sites for hydroxylation is 1. The van der Waals surface area contributed by atoms with Gasteiger partial charge in [0, 0.05) is 41.1 Å². The van der Waals surface area contributed by atoms with Gasteiger partial charge in [0.1, 0.15) is 18.1 Å². The molecule has 3 N–H and O–H groups in total. The number of pyridine rings is 1. The molecule has 1 saturated carbocycles. The van der Waals surface area contributed by atoms with Crippen LogP contribution in [-0.2, 0) is 16.2 Å². The Bertz CT molecular complexity index is 1180. The number of hydroxylamine groups is 1. The molecular weight excluding hydrogens is 410 g/mol. The minimum atomic E-state index is -0.780. The lowest BCUT2D eigenvalue weighted by Crippen LogP contribution is -2.43. The van der Waals surface area contributed by atoms with Crippen molar-refractivity contribution in [3.8, 4) is 5.75 Å². The SMILES string of the molecule is Cc1cc(COc2ccc(C(=O)N[C@@H]3CC(=O)C[C@H]3C(=O)NO)cc2)c2ccccc2n1. The summed E-state index contributed by atoms with van der Waals surface area (Å²) in [5, 5.41) is 12.6. The van der Waals surface area contributed by atoms with Crippen LogP contribution in [0.1, 0.15) is 34.5 Å². The standard InChI is InChI=1S/C24H23N3O5/c1-14-10-16(19-4-2-3-5-21(19)25-14)13-32-18-8-6-15(7-9-18)23(29)26-22-12-17(28)11-20(22)24(30)27-31/h2-10,20,22,31H,11-13H2,1H3,(H,26,29)(H,27,30)/t20-,22-/m1/s1. The molecule has 0 bridgehead atoms. The number of nitrogens with one attached hydrogen (secondary N) is 2. The van der Waals surface area contributed by atoms with Crippen LogP contribution in [0.5, 0.6) is 5.75 Å². The van der Waals surface area contributed by atoms with Crippen LogP contribution in [-0.4, -0.2) is 33.8 Å². The summed E-state index contributed by atoms with van der Waals surface area (Å²) >= 11 is 0. The van der Waals surface area contributed by atoms with Gasteiger partial charge in [-0.15, -0.1) is 0 Å². The summed E-state index contributed by atoms with van der Waals surface area (Å²) < 4.78 is 5.92. The number of hydrogen-bond acceptors (Lipinski definition) is 6. The van der Waals surface area contributed by atoms with Crippen LogP contribution >= 0.6 is 0 Å². The molecule has 1 aromatic heterocycles. The van der Waals surface area contributed by atoms with Crippen LogP contribution < -0.4 is 15.5 Å². The molecular formula is C24H23N3O5. The average Bonchev–Trinajstić information content (AvgIpc) is 3.17. The number of para-hydroxylation sites is 1. The van der Waals surface area contributed by atoms with Crippen LogP contribution in [0.2, 0.25) is 0 Å². The van der Waals surface area contributed by atoms with E-state index in [0.717, 1.165) is 22.2 Å². The van der Waals surface area contributed by atoms with Gasteiger partial charge in [0.2, 0.25) is 5.91 Å². The maximum atomic E-state index is 12.6. The van der Waals surface area contributed by atoms with Crippen molar-refractivity contribution < 1.29 is 24.3 Å². The number of amides is 2. The minimum absolute atomic E-state index is 0.00667. The van der Waals surface area contributed by atoms with Gasteiger partial charge in [-0.25, -0.2) is 5.48 Å². The molecule has 0 unspecified atom stereocenters. The highest BCUT2D eigenvalue weighted by Crippen LogP contribution is 2.24. The molecule has 3 aromatic rings. The highest BCUT2D eigenvalue weighted by atomic mass is 16.5. The van der Waals surface area contributed by atoms with Crippen molar-refractivity contribution in [1.82, 2.24) is 15.8 Å². The first-order chi connectivity index (χ1) is 15.4. The number of carbonyl (C=O) groups is 3. The number of ether oxygens (including phenoxy) is 1. The fourth-order valence-corrected chi connectivity index (χ4v) is 4.00. The van der Waals surface area contributed by atoms with E-state index in [-0.39, 0.29) is 18.6 Å². The first kappa shape index (κ1) is 21.5. The van der Waals surface area contributed by atoms with E-state index in [9.17, 15) is 14.4 Å². The fraction of sp³-hybridized carbons (Fsp3) is 0.250. The third kappa shape index (κ3) is 4.60. The quantitative estimate of drug-likeness (QED) is 0.406. The third-order valence-electron chi connectivity index (χ3n) is 5.59. The summed E-state index contributed by atoms with van der Waals surface area (Å²) in [6, 6.07) is 15.9. The van der Waals surface area contributed by atoms with Crippen LogP contribution in [0, 0.1) is 12.8 Å². The van der Waals surface area contributed by atoms with E-state index in [1.54, 1.807) is 29.7 Å². The molecule has 4 rings (SSSR count). The van der Waals surface area contributed by atoms with Gasteiger partial charge in [0.25, 0.3) is 5.91 Å². The number of Topliss-reactive ketones (excluding diaryl/α,β-unsaturated/α-hetero) is 1. The molecule has 0 aliphatic heterocycles. The Labute approximate surface area is 184 Å². The zero-order valence-corrected chi connectivity index (χ0v) is 17.5. The number of rotatable bonds is 6. The van der Waals surface area contributed by atoms with Gasteiger partial charge >= 0.3 is 0 Å². The van der Waals surface area contributed by atoms with Crippen molar-refractivity contribution >= 4 is 28.5 Å². The Hall–Kier alpha value is -3.78. The van der Waals surface area contributed by atoms with Crippen molar-refractivity contribution in [3.05, 3.63) is 71.4 Å². The summed E-state index contributed by atoms with van der Waals surface area (Å²) in [6.45, 7) is 2.30. The smallest absolute Gasteiger partial charge is 0.251 e. The summed E-state index contributed by atoms with van der Waals surface area (Å²) in [5.74, 6) is -1.38. The van der Waals surface area contributed by atoms with E-state index in [0.29, 0.717) is 17.9 Å². The molecule has 0 saturated heterocycles. The maximum Gasteiger partial charge on any atom is 0.251 e. The lowest BCUT2D eigenvalue weighted by Gasteiger charge is -2.18. The Morgan fingerprint density at radius 3 is 2.62 bits per heavy atom. The van der Waals surface area contributed by atoms with Crippen molar-refractivity contribution in [2.45, 2.75) is 32.4 Å². The predicted octanol–water partition coefficient (Wildman–Crippen LogP) is 2.71. The van der Waals surface area contributed by atoms with Crippen LogP contribution in [0.3, 0.4) is 0 Å². The number of ketones is 1. The molecule has 1 aliphatic carbocycles. The highest BCUT2D eigenvalue weighted by Gasteiger charge is 2.38. The van der Waals surface area contributed by atoms with Crippen LogP contribution in [0.25, 0.3) is 10.9 Å². The average molecular weight is 433 g/mol. The summed E-state index contributed by atoms with van der Waals surface area (Å²) in [6.07, 6.45) is 0.0532. The van der Waals surface area contributed by atoms with Gasteiger partial charge in [-0.2, -0.15) is 0 Å². The molecule has 2 aromatic carbocycles. The molecule has 8 heteroatoms. The molecule has 2 amide bonds. The number of nitrogens with zero attached hydrogens (tertiary/aromatic N) is 1. The molecule has 0 radical (unpaired) electrons. The number of fused-ring (bicyclic) bond motifs is 1. The van der Waals surface area contributed by atoms with Gasteiger partial charge in [-0.1, -0.05) is 18.2 Å². The molecule has 1 fully saturated rings. The summed E-state index contributed by atoms with van der Waals surface area (Å²) in [7, 11) is 0. The Kier molecular flexibility index (Phi) is 6.13. The molecule has 164 valence electrons. The van der Waals surface area contributed by atoms with Gasteiger partial charge < -0.3 is 10.1 Å². The Morgan fingerprint density at radius 2 is 1.88 bits per heavy atom. The van der Waals surface area contributed by atoms with Gasteiger partial charge in [0.15, 0.2) is 0 Å². The van der Waals surface area contributed by atoms with E-state index >= 15 is 0 Å². The zero-order valence-electron chi connectivity index (χ0n) is 17.5. The predicted molar refractivity (Wildman–Crippen MR) is 116 cm³/mol. The lowest BCUT2D eigenvalue weighted by molar-refractivity contribution is -0.134. The van der Waals surface area contributed by atoms with Crippen LogP contribution in [0.15, 0.2) is 54.6 Å². The second-order valence-electron chi connectivity index (χ2n) is 7.86. The van der Waals surface area contributed by atoms with E-state index in [4.69, 9.17) is 9.94 Å². The monoisotopic (exact) mass is 433 g/mol. The summed E-state index contributed by atoms with van der Waals surface area (Å²) in [5.41, 5.74) is 4.78. The number of benzene rings is 2. The second-order valence-corrected chi connectivity index (χ2v) is 7.86. The number of aromatic nitrogens is 1. The first-order valence-electron chi connectivity index (χ1n) is 10.3. The molecule has 2 atom stereocenters. The van der Waals surface area contributed by atoms with E-state index in [1.165, 1.54) is 0 Å². The largest absolute Gasteiger partial charge is 0.489 e. The van der Waals surface area contributed by atoms with Gasteiger partial charge in [-0.3, -0.25) is 24.6 Å². The number of carbonyl (C=O) groups excluding carboxylic acids is 3. The lowest BCUT2D eigenvalue weighted by atomic mass is 10.0. The normalized spacial score (nSPS) is 17.9. The third-order valence-corrected chi connectivity index (χ3v) is 5.59. The summed E-state index contributed by atoms with van der Waals surface area (Å²) in [4.78, 5) is 40.5. The van der Waals surface area contributed by atoms with Crippen LogP contribution in [0.4, 0.5) is 0 Å². The molecule has 0 spiro atoms. The zero-order chi connectivity index (χ0) is 22.7. The van der Waals surface area contributed by atoms with E-state index in [2.05, 4.69) is 10.3 Å². The van der Waals surface area contributed by atoms with Crippen molar-refractivity contribution in [2.75, 3.05) is 0 Å². The Balaban J connectivity index is 1.41. The topological polar surface area (TPSA) is 118 Å². The van der Waals surface area contributed by atoms with Gasteiger partial charge in [-0.05, 0) is 43.3 Å². The van der Waals surface area contributed by atoms with Crippen molar-refractivity contribution in [1.29, 1.82) is 0 Å². The Morgan fingerprint density at radius 1 is 1.12 bits per heavy atom. The minimum Gasteiger partial charge on any atom is -0.489 e. The highest BCUT2D eigenvalue weighted by molar-refractivity contribution is 5.97. The molecule has 32 heavy (non-hydrogen) atoms.